The van der Waals surface area contributed by atoms with Crippen molar-refractivity contribution in [2.45, 2.75) is 32.6 Å². The van der Waals surface area contributed by atoms with Gasteiger partial charge in [0.2, 0.25) is 17.7 Å². The first-order chi connectivity index (χ1) is 16.9. The van der Waals surface area contributed by atoms with Gasteiger partial charge in [0.05, 0.1) is 25.4 Å². The minimum absolute atomic E-state index is 0.0361. The van der Waals surface area contributed by atoms with E-state index in [4.69, 9.17) is 9.15 Å². The predicted octanol–water partition coefficient (Wildman–Crippen LogP) is 1.83. The van der Waals surface area contributed by atoms with Crippen LogP contribution in [0.5, 0.6) is 5.75 Å². The average Bonchev–Trinajstić information content (AvgIpc) is 3.43. The van der Waals surface area contributed by atoms with E-state index in [1.165, 1.54) is 0 Å². The first kappa shape index (κ1) is 24.6. The number of oxazole rings is 1. The quantitative estimate of drug-likeness (QED) is 0.542. The molecule has 0 atom stereocenters. The van der Waals surface area contributed by atoms with Gasteiger partial charge in [-0.1, -0.05) is 0 Å². The Morgan fingerprint density at radius 2 is 1.94 bits per heavy atom. The molecule has 0 saturated carbocycles. The molecule has 1 aromatic heterocycles. The average molecular weight is 484 g/mol. The summed E-state index contributed by atoms with van der Waals surface area (Å²) in [5.41, 5.74) is 1.76. The summed E-state index contributed by atoms with van der Waals surface area (Å²) in [7, 11) is 1.61. The van der Waals surface area contributed by atoms with E-state index < -0.39 is 0 Å². The van der Waals surface area contributed by atoms with E-state index in [2.05, 4.69) is 15.2 Å². The highest BCUT2D eigenvalue weighted by molar-refractivity contribution is 5.85. The smallest absolute Gasteiger partial charge is 0.239 e. The fourth-order valence-electron chi connectivity index (χ4n) is 4.53. The number of methoxy groups -OCH3 is 1. The van der Waals surface area contributed by atoms with Gasteiger partial charge in [-0.25, -0.2) is 4.98 Å². The molecule has 4 rings (SSSR count). The Labute approximate surface area is 205 Å². The molecular weight excluding hydrogens is 450 g/mol. The summed E-state index contributed by atoms with van der Waals surface area (Å²) in [6.07, 6.45) is 4.25. The van der Waals surface area contributed by atoms with Crippen LogP contribution >= 0.6 is 0 Å². The van der Waals surface area contributed by atoms with Gasteiger partial charge >= 0.3 is 0 Å². The second-order valence-electron chi connectivity index (χ2n) is 8.87. The van der Waals surface area contributed by atoms with Crippen molar-refractivity contribution in [2.24, 2.45) is 0 Å². The minimum atomic E-state index is -0.173. The maximum Gasteiger partial charge on any atom is 0.239 e. The number of hydrogen-bond donors (Lipinski definition) is 1. The Morgan fingerprint density at radius 1 is 1.11 bits per heavy atom. The lowest BCUT2D eigenvalue weighted by Crippen LogP contribution is -2.42. The molecule has 2 aliphatic rings. The normalized spacial score (nSPS) is 16.6. The van der Waals surface area contributed by atoms with Crippen molar-refractivity contribution in [2.75, 3.05) is 57.8 Å². The Hall–Kier alpha value is -3.56. The number of aryl methyl sites for hydroxylation is 1. The monoisotopic (exact) mass is 483 g/mol. The van der Waals surface area contributed by atoms with Gasteiger partial charge in [-0.3, -0.25) is 14.4 Å². The van der Waals surface area contributed by atoms with Crippen molar-refractivity contribution in [3.05, 3.63) is 30.3 Å². The molecule has 0 unspecified atom stereocenters. The van der Waals surface area contributed by atoms with Crippen LogP contribution in [-0.4, -0.2) is 85.4 Å². The van der Waals surface area contributed by atoms with E-state index in [0.717, 1.165) is 24.2 Å². The number of carbonyl (C=O) groups is 3. The van der Waals surface area contributed by atoms with Gasteiger partial charge < -0.3 is 29.2 Å². The van der Waals surface area contributed by atoms with Gasteiger partial charge in [-0.05, 0) is 25.0 Å². The highest BCUT2D eigenvalue weighted by atomic mass is 16.5. The zero-order chi connectivity index (χ0) is 24.8. The van der Waals surface area contributed by atoms with Crippen LogP contribution in [-0.2, 0) is 14.4 Å². The summed E-state index contributed by atoms with van der Waals surface area (Å²) in [5.74, 6) is 1.88. The van der Waals surface area contributed by atoms with Gasteiger partial charge in [-0.15, -0.1) is 0 Å². The number of amides is 3. The first-order valence-corrected chi connectivity index (χ1v) is 12.1. The van der Waals surface area contributed by atoms with Crippen LogP contribution in [0, 0.1) is 6.92 Å². The third-order valence-corrected chi connectivity index (χ3v) is 6.46. The number of benzene rings is 1. The molecule has 188 valence electrons. The summed E-state index contributed by atoms with van der Waals surface area (Å²) >= 11 is 0. The van der Waals surface area contributed by atoms with Crippen molar-refractivity contribution in [1.82, 2.24) is 20.1 Å². The number of ether oxygens (including phenoxy) is 1. The fourth-order valence-corrected chi connectivity index (χ4v) is 4.53. The Balaban J connectivity index is 1.29. The highest BCUT2D eigenvalue weighted by Gasteiger charge is 2.24. The van der Waals surface area contributed by atoms with E-state index in [9.17, 15) is 14.4 Å². The zero-order valence-corrected chi connectivity index (χ0v) is 20.4. The van der Waals surface area contributed by atoms with E-state index in [1.54, 1.807) is 25.1 Å². The highest BCUT2D eigenvalue weighted by Crippen LogP contribution is 2.34. The van der Waals surface area contributed by atoms with E-state index >= 15 is 0 Å². The number of carbonyl (C=O) groups excluding carboxylic acids is 3. The standard InChI is InChI=1S/C25H33N5O5/c1-18-27-16-22(35-18)20-7-6-19(15-21(20)34-2)28-12-8-25(33)30(14-13-28)17-23(31)26-9-4-11-29-10-3-5-24(29)32/h6-7,15-16H,3-5,8-14,17H2,1-2H3,(H,26,31). The molecule has 0 radical (unpaired) electrons. The molecule has 2 fully saturated rings. The van der Waals surface area contributed by atoms with Crippen molar-refractivity contribution >= 4 is 23.4 Å². The summed E-state index contributed by atoms with van der Waals surface area (Å²) < 4.78 is 11.2. The third-order valence-electron chi connectivity index (χ3n) is 6.46. The molecule has 0 bridgehead atoms. The lowest BCUT2D eigenvalue weighted by atomic mass is 10.1. The van der Waals surface area contributed by atoms with E-state index in [-0.39, 0.29) is 24.3 Å². The van der Waals surface area contributed by atoms with Gasteiger partial charge in [0.15, 0.2) is 11.7 Å². The molecule has 2 saturated heterocycles. The van der Waals surface area contributed by atoms with Crippen LogP contribution < -0.4 is 15.0 Å². The Kier molecular flexibility index (Phi) is 7.89. The lowest BCUT2D eigenvalue weighted by Gasteiger charge is -2.24. The van der Waals surface area contributed by atoms with Crippen LogP contribution in [0.15, 0.2) is 28.8 Å². The topological polar surface area (TPSA) is 108 Å². The van der Waals surface area contributed by atoms with Gasteiger partial charge in [-0.2, -0.15) is 0 Å². The van der Waals surface area contributed by atoms with Crippen LogP contribution in [0.4, 0.5) is 5.69 Å². The number of rotatable bonds is 9. The summed E-state index contributed by atoms with van der Waals surface area (Å²) in [6.45, 7) is 5.43. The Bertz CT molecular complexity index is 1070. The van der Waals surface area contributed by atoms with Crippen molar-refractivity contribution in [3.8, 4) is 17.1 Å². The van der Waals surface area contributed by atoms with Crippen molar-refractivity contribution in [1.29, 1.82) is 0 Å². The van der Waals surface area contributed by atoms with Crippen LogP contribution in [0.3, 0.4) is 0 Å². The maximum atomic E-state index is 12.7. The fraction of sp³-hybridized carbons (Fsp3) is 0.520. The lowest BCUT2D eigenvalue weighted by molar-refractivity contribution is -0.135. The molecule has 2 aliphatic heterocycles. The molecule has 35 heavy (non-hydrogen) atoms. The van der Waals surface area contributed by atoms with Gasteiger partial charge in [0.25, 0.3) is 0 Å². The molecular formula is C25H33N5O5. The second-order valence-corrected chi connectivity index (χ2v) is 8.87. The minimum Gasteiger partial charge on any atom is -0.496 e. The number of likely N-dealkylation sites (tertiary alicyclic amines) is 1. The number of aromatic nitrogens is 1. The molecule has 10 nitrogen and oxygen atoms in total. The molecule has 10 heteroatoms. The van der Waals surface area contributed by atoms with Crippen molar-refractivity contribution in [3.63, 3.8) is 0 Å². The zero-order valence-electron chi connectivity index (χ0n) is 20.4. The number of hydrogen-bond acceptors (Lipinski definition) is 7. The summed E-state index contributed by atoms with van der Waals surface area (Å²) in [4.78, 5) is 46.5. The number of nitrogens with one attached hydrogen (secondary N) is 1. The molecule has 2 aromatic rings. The van der Waals surface area contributed by atoms with Crippen molar-refractivity contribution < 1.29 is 23.5 Å². The Morgan fingerprint density at radius 3 is 2.66 bits per heavy atom. The van der Waals surface area contributed by atoms with Gasteiger partial charge in [0, 0.05) is 70.8 Å². The predicted molar refractivity (Wildman–Crippen MR) is 130 cm³/mol. The van der Waals surface area contributed by atoms with Crippen LogP contribution in [0.25, 0.3) is 11.3 Å². The molecule has 0 spiro atoms. The van der Waals surface area contributed by atoms with Crippen LogP contribution in [0.2, 0.25) is 0 Å². The SMILES string of the molecule is COc1cc(N2CCC(=O)N(CC(=O)NCCCN3CCCC3=O)CC2)ccc1-c1cnc(C)o1. The summed E-state index contributed by atoms with van der Waals surface area (Å²) in [5, 5.41) is 2.88. The molecule has 0 aliphatic carbocycles. The summed E-state index contributed by atoms with van der Waals surface area (Å²) in [6, 6.07) is 5.85. The van der Waals surface area contributed by atoms with Gasteiger partial charge in [0.1, 0.15) is 5.75 Å². The van der Waals surface area contributed by atoms with E-state index in [0.29, 0.717) is 69.4 Å². The maximum absolute atomic E-state index is 12.7. The van der Waals surface area contributed by atoms with Crippen LogP contribution in [0.1, 0.15) is 31.6 Å². The molecule has 1 aromatic carbocycles. The van der Waals surface area contributed by atoms with E-state index in [1.807, 2.05) is 23.1 Å². The number of nitrogens with zero attached hydrogens (tertiary/aromatic N) is 4. The number of anilines is 1. The first-order valence-electron chi connectivity index (χ1n) is 12.1. The second kappa shape index (κ2) is 11.2. The third kappa shape index (κ3) is 6.12. The largest absolute Gasteiger partial charge is 0.496 e. The molecule has 1 N–H and O–H groups in total. The molecule has 3 amide bonds. The molecule has 3 heterocycles.